The normalized spacial score (nSPS) is 20.4. The minimum Gasteiger partial charge on any atom is -0.497 e. The zero-order chi connectivity index (χ0) is 22.7. The van der Waals surface area contributed by atoms with E-state index in [1.807, 2.05) is 18.2 Å². The van der Waals surface area contributed by atoms with Crippen molar-refractivity contribution >= 4 is 15.9 Å². The van der Waals surface area contributed by atoms with E-state index in [2.05, 4.69) is 11.0 Å². The lowest BCUT2D eigenvalue weighted by Gasteiger charge is -2.35. The van der Waals surface area contributed by atoms with E-state index >= 15 is 0 Å². The number of sulfonamides is 1. The molecule has 7 nitrogen and oxygen atoms in total. The van der Waals surface area contributed by atoms with Crippen molar-refractivity contribution in [2.75, 3.05) is 46.4 Å². The van der Waals surface area contributed by atoms with E-state index in [-0.39, 0.29) is 29.9 Å². The van der Waals surface area contributed by atoms with Crippen molar-refractivity contribution in [3.05, 3.63) is 59.9 Å². The topological polar surface area (TPSA) is 70.2 Å². The molecule has 2 aromatic rings. The standard InChI is InChI=1S/C23H28FN3O4S/c1-31-20-5-2-4-18(16-20)22-6-3-11-26(22)17-23(28)25-12-14-27(15-13-25)32(29,30)21-9-7-19(24)8-10-21/h2,4-5,7-10,16,22H,3,6,11-15,17H2,1H3. The number of nitrogens with zero attached hydrogens (tertiary/aromatic N) is 3. The van der Waals surface area contributed by atoms with Crippen LogP contribution in [-0.4, -0.2) is 74.8 Å². The number of halogens is 1. The molecule has 9 heteroatoms. The summed E-state index contributed by atoms with van der Waals surface area (Å²) in [7, 11) is -2.05. The first-order valence-corrected chi connectivity index (χ1v) is 12.2. The van der Waals surface area contributed by atoms with Gasteiger partial charge in [-0.25, -0.2) is 12.8 Å². The molecule has 0 bridgehead atoms. The van der Waals surface area contributed by atoms with Gasteiger partial charge in [-0.05, 0) is 61.3 Å². The van der Waals surface area contributed by atoms with Gasteiger partial charge in [0.2, 0.25) is 15.9 Å². The molecule has 1 unspecified atom stereocenters. The molecule has 32 heavy (non-hydrogen) atoms. The van der Waals surface area contributed by atoms with Gasteiger partial charge in [0, 0.05) is 32.2 Å². The van der Waals surface area contributed by atoms with E-state index in [0.717, 1.165) is 42.8 Å². The molecule has 2 aliphatic heterocycles. The third kappa shape index (κ3) is 4.79. The van der Waals surface area contributed by atoms with E-state index in [1.54, 1.807) is 12.0 Å². The molecular weight excluding hydrogens is 433 g/mol. The highest BCUT2D eigenvalue weighted by Gasteiger charge is 2.33. The number of amides is 1. The minimum absolute atomic E-state index is 0.0126. The predicted octanol–water partition coefficient (Wildman–Crippen LogP) is 2.50. The number of carbonyl (C=O) groups excluding carboxylic acids is 1. The van der Waals surface area contributed by atoms with Crippen LogP contribution in [0.5, 0.6) is 5.75 Å². The quantitative estimate of drug-likeness (QED) is 0.661. The van der Waals surface area contributed by atoms with E-state index in [4.69, 9.17) is 4.74 Å². The highest BCUT2D eigenvalue weighted by Crippen LogP contribution is 2.33. The first-order chi connectivity index (χ1) is 15.4. The summed E-state index contributed by atoms with van der Waals surface area (Å²) in [6.07, 6.45) is 2.02. The maximum atomic E-state index is 13.1. The van der Waals surface area contributed by atoms with Gasteiger partial charge in [-0.1, -0.05) is 12.1 Å². The van der Waals surface area contributed by atoms with Gasteiger partial charge in [-0.15, -0.1) is 0 Å². The van der Waals surface area contributed by atoms with E-state index in [9.17, 15) is 17.6 Å². The zero-order valence-electron chi connectivity index (χ0n) is 18.1. The number of piperazine rings is 1. The Morgan fingerprint density at radius 3 is 2.47 bits per heavy atom. The highest BCUT2D eigenvalue weighted by molar-refractivity contribution is 7.89. The maximum Gasteiger partial charge on any atom is 0.243 e. The first-order valence-electron chi connectivity index (χ1n) is 10.8. The van der Waals surface area contributed by atoms with Gasteiger partial charge in [0.05, 0.1) is 18.6 Å². The number of hydrogen-bond donors (Lipinski definition) is 0. The summed E-state index contributed by atoms with van der Waals surface area (Å²) in [5.74, 6) is 0.339. The number of benzene rings is 2. The highest BCUT2D eigenvalue weighted by atomic mass is 32.2. The van der Waals surface area contributed by atoms with Crippen LogP contribution in [0, 0.1) is 5.82 Å². The second-order valence-electron chi connectivity index (χ2n) is 8.14. The zero-order valence-corrected chi connectivity index (χ0v) is 18.9. The molecule has 0 spiro atoms. The molecule has 172 valence electrons. The van der Waals surface area contributed by atoms with Gasteiger partial charge in [-0.2, -0.15) is 4.31 Å². The molecule has 1 atom stereocenters. The summed E-state index contributed by atoms with van der Waals surface area (Å²) in [6.45, 7) is 2.31. The molecule has 2 saturated heterocycles. The van der Waals surface area contributed by atoms with Crippen LogP contribution in [-0.2, 0) is 14.8 Å². The lowest BCUT2D eigenvalue weighted by molar-refractivity contribution is -0.133. The average Bonchev–Trinajstić information content (AvgIpc) is 3.27. The second kappa shape index (κ2) is 9.56. The Hall–Kier alpha value is -2.49. The Morgan fingerprint density at radius 2 is 1.78 bits per heavy atom. The van der Waals surface area contributed by atoms with Crippen molar-refractivity contribution in [1.82, 2.24) is 14.1 Å². The first kappa shape index (κ1) is 22.7. The minimum atomic E-state index is -3.70. The van der Waals surface area contributed by atoms with Gasteiger partial charge in [-0.3, -0.25) is 9.69 Å². The van der Waals surface area contributed by atoms with Gasteiger partial charge in [0.1, 0.15) is 11.6 Å². The Balaban J connectivity index is 1.35. The third-order valence-electron chi connectivity index (χ3n) is 6.22. The lowest BCUT2D eigenvalue weighted by atomic mass is 10.0. The van der Waals surface area contributed by atoms with Gasteiger partial charge < -0.3 is 9.64 Å². The van der Waals surface area contributed by atoms with E-state index in [1.165, 1.54) is 16.4 Å². The molecule has 0 aliphatic carbocycles. The maximum absolute atomic E-state index is 13.1. The molecule has 0 aromatic heterocycles. The van der Waals surface area contributed by atoms with Crippen LogP contribution in [0.1, 0.15) is 24.4 Å². The van der Waals surface area contributed by atoms with Crippen molar-refractivity contribution in [3.63, 3.8) is 0 Å². The SMILES string of the molecule is COc1cccc(C2CCCN2CC(=O)N2CCN(S(=O)(=O)c3ccc(F)cc3)CC2)c1. The van der Waals surface area contributed by atoms with Crippen molar-refractivity contribution in [2.45, 2.75) is 23.8 Å². The molecule has 0 radical (unpaired) electrons. The number of likely N-dealkylation sites (tertiary alicyclic amines) is 1. The van der Waals surface area contributed by atoms with Gasteiger partial charge >= 0.3 is 0 Å². The summed E-state index contributed by atoms with van der Waals surface area (Å²) < 4.78 is 45.4. The van der Waals surface area contributed by atoms with Gasteiger partial charge in [0.25, 0.3) is 0 Å². The lowest BCUT2D eigenvalue weighted by Crippen LogP contribution is -2.52. The van der Waals surface area contributed by atoms with Crippen molar-refractivity contribution in [3.8, 4) is 5.75 Å². The second-order valence-corrected chi connectivity index (χ2v) is 10.1. The summed E-state index contributed by atoms with van der Waals surface area (Å²) in [4.78, 5) is 17.0. The monoisotopic (exact) mass is 461 g/mol. The van der Waals surface area contributed by atoms with Crippen molar-refractivity contribution < 1.29 is 22.3 Å². The Bertz CT molecular complexity index is 1050. The fraction of sp³-hybridized carbons (Fsp3) is 0.435. The molecule has 2 heterocycles. The van der Waals surface area contributed by atoms with Crippen LogP contribution in [0.2, 0.25) is 0 Å². The molecule has 2 fully saturated rings. The Kier molecular flexibility index (Phi) is 6.78. The summed E-state index contributed by atoms with van der Waals surface area (Å²) >= 11 is 0. The smallest absolute Gasteiger partial charge is 0.243 e. The Morgan fingerprint density at radius 1 is 1.06 bits per heavy atom. The molecule has 0 saturated carbocycles. The van der Waals surface area contributed by atoms with Gasteiger partial charge in [0.15, 0.2) is 0 Å². The van der Waals surface area contributed by atoms with Crippen LogP contribution in [0.25, 0.3) is 0 Å². The fourth-order valence-electron chi connectivity index (χ4n) is 4.45. The number of hydrogen-bond acceptors (Lipinski definition) is 5. The molecule has 4 rings (SSSR count). The number of carbonyl (C=O) groups is 1. The number of rotatable bonds is 6. The van der Waals surface area contributed by atoms with Crippen molar-refractivity contribution in [2.24, 2.45) is 0 Å². The van der Waals surface area contributed by atoms with Crippen LogP contribution in [0.15, 0.2) is 53.4 Å². The fourth-order valence-corrected chi connectivity index (χ4v) is 5.87. The summed E-state index contributed by atoms with van der Waals surface area (Å²) in [5.41, 5.74) is 1.14. The molecule has 2 aliphatic rings. The van der Waals surface area contributed by atoms with E-state index < -0.39 is 15.8 Å². The molecule has 0 N–H and O–H groups in total. The van der Waals surface area contributed by atoms with E-state index in [0.29, 0.717) is 19.6 Å². The summed E-state index contributed by atoms with van der Waals surface area (Å²) in [6, 6.07) is 13.0. The number of ether oxygens (including phenoxy) is 1. The van der Waals surface area contributed by atoms with Crippen LogP contribution >= 0.6 is 0 Å². The predicted molar refractivity (Wildman–Crippen MR) is 118 cm³/mol. The Labute approximate surface area is 188 Å². The van der Waals surface area contributed by atoms with Crippen LogP contribution in [0.3, 0.4) is 0 Å². The molecule has 1 amide bonds. The molecular formula is C23H28FN3O4S. The molecule has 2 aromatic carbocycles. The van der Waals surface area contributed by atoms with Crippen LogP contribution < -0.4 is 4.74 Å². The summed E-state index contributed by atoms with van der Waals surface area (Å²) in [5, 5.41) is 0. The largest absolute Gasteiger partial charge is 0.497 e. The van der Waals surface area contributed by atoms with Crippen LogP contribution in [0.4, 0.5) is 4.39 Å². The third-order valence-corrected chi connectivity index (χ3v) is 8.14. The number of methoxy groups -OCH3 is 1. The average molecular weight is 462 g/mol. The van der Waals surface area contributed by atoms with Crippen molar-refractivity contribution in [1.29, 1.82) is 0 Å².